The Kier molecular flexibility index (Phi) is 5.33. The van der Waals surface area contributed by atoms with Gasteiger partial charge in [-0.1, -0.05) is 51.1 Å². The van der Waals surface area contributed by atoms with Crippen LogP contribution in [-0.4, -0.2) is 24.4 Å². The van der Waals surface area contributed by atoms with Crippen molar-refractivity contribution in [3.63, 3.8) is 0 Å². The molecule has 0 amide bonds. The van der Waals surface area contributed by atoms with Crippen LogP contribution in [0.15, 0.2) is 61.3 Å². The van der Waals surface area contributed by atoms with E-state index in [2.05, 4.69) is 73.6 Å². The fourth-order valence-electron chi connectivity index (χ4n) is 4.48. The smallest absolute Gasteiger partial charge is 0.0999 e. The van der Waals surface area contributed by atoms with Crippen molar-refractivity contribution in [1.29, 1.82) is 5.26 Å². The summed E-state index contributed by atoms with van der Waals surface area (Å²) in [4.78, 5) is 4.71. The molecule has 0 bridgehead atoms. The molecule has 0 fully saturated rings. The van der Waals surface area contributed by atoms with Gasteiger partial charge in [0.1, 0.15) is 0 Å². The van der Waals surface area contributed by atoms with E-state index in [1.807, 2.05) is 27.8 Å². The van der Waals surface area contributed by atoms with Gasteiger partial charge in [0.15, 0.2) is 0 Å². The molecule has 1 aliphatic carbocycles. The monoisotopic (exact) mass is 436 g/mol. The molecule has 5 rings (SSSR count). The van der Waals surface area contributed by atoms with Gasteiger partial charge in [-0.3, -0.25) is 9.67 Å². The first kappa shape index (κ1) is 21.1. The van der Waals surface area contributed by atoms with E-state index in [1.165, 1.54) is 5.57 Å². The zero-order chi connectivity index (χ0) is 23.0. The van der Waals surface area contributed by atoms with Crippen LogP contribution >= 0.6 is 0 Å². The molecule has 1 aliphatic rings. The van der Waals surface area contributed by atoms with Crippen molar-refractivity contribution < 1.29 is 0 Å². The second kappa shape index (κ2) is 8.32. The maximum Gasteiger partial charge on any atom is 0.0999 e. The first-order valence-corrected chi connectivity index (χ1v) is 11.5. The average molecular weight is 437 g/mol. The molecule has 6 nitrogen and oxygen atoms in total. The molecule has 1 atom stereocenters. The van der Waals surface area contributed by atoms with Crippen LogP contribution in [0.2, 0.25) is 0 Å². The molecule has 0 radical (unpaired) electrons. The van der Waals surface area contributed by atoms with E-state index < -0.39 is 0 Å². The number of aromatic nitrogens is 5. The molecule has 0 aliphatic heterocycles. The van der Waals surface area contributed by atoms with E-state index in [1.54, 1.807) is 6.20 Å². The third-order valence-electron chi connectivity index (χ3n) is 6.13. The van der Waals surface area contributed by atoms with E-state index in [0.29, 0.717) is 0 Å². The predicted octanol–water partition coefficient (Wildman–Crippen LogP) is 6.01. The van der Waals surface area contributed by atoms with Crippen molar-refractivity contribution in [1.82, 2.24) is 24.4 Å². The average Bonchev–Trinajstić information content (AvgIpc) is 3.45. The van der Waals surface area contributed by atoms with Gasteiger partial charge in [0.2, 0.25) is 0 Å². The van der Waals surface area contributed by atoms with Crippen LogP contribution < -0.4 is 0 Å². The van der Waals surface area contributed by atoms with Crippen LogP contribution in [0.5, 0.6) is 0 Å². The lowest BCUT2D eigenvalue weighted by Crippen LogP contribution is -2.15. The van der Waals surface area contributed by atoms with Gasteiger partial charge in [-0.25, -0.2) is 4.52 Å². The summed E-state index contributed by atoms with van der Waals surface area (Å²) in [7, 11) is 0. The lowest BCUT2D eigenvalue weighted by Gasteiger charge is -2.17. The molecule has 0 N–H and O–H groups in total. The summed E-state index contributed by atoms with van der Waals surface area (Å²) in [5, 5.41) is 18.3. The molecule has 0 saturated carbocycles. The Morgan fingerprint density at radius 2 is 1.85 bits per heavy atom. The summed E-state index contributed by atoms with van der Waals surface area (Å²) in [5.41, 5.74) is 7.81. The van der Waals surface area contributed by atoms with Crippen molar-refractivity contribution in [2.45, 2.75) is 46.6 Å². The summed E-state index contributed by atoms with van der Waals surface area (Å²) in [6.07, 6.45) is 14.4. The third-order valence-corrected chi connectivity index (χ3v) is 6.13. The highest BCUT2D eigenvalue weighted by molar-refractivity contribution is 5.89. The van der Waals surface area contributed by atoms with Gasteiger partial charge >= 0.3 is 0 Å². The molecule has 0 saturated heterocycles. The quantitative estimate of drug-likeness (QED) is 0.392. The Balaban J connectivity index is 1.47. The van der Waals surface area contributed by atoms with Crippen molar-refractivity contribution in [3.05, 3.63) is 67.0 Å². The fourth-order valence-corrected chi connectivity index (χ4v) is 4.48. The Bertz CT molecular complexity index is 1360. The Labute approximate surface area is 194 Å². The predicted molar refractivity (Wildman–Crippen MR) is 130 cm³/mol. The highest BCUT2D eigenvalue weighted by atomic mass is 15.3. The summed E-state index contributed by atoms with van der Waals surface area (Å²) >= 11 is 0. The lowest BCUT2D eigenvalue weighted by molar-refractivity contribution is 0.325. The van der Waals surface area contributed by atoms with Crippen molar-refractivity contribution >= 4 is 11.1 Å². The molecule has 4 aromatic rings. The SMILES string of the molecule is CC(C)(C)Cn1cc(-c2ccc(-c3cnn4ccnc(C5=CCC(C#N)CC5)c34)cc2)cn1. The summed E-state index contributed by atoms with van der Waals surface area (Å²) in [6, 6.07) is 11.0. The minimum absolute atomic E-state index is 0.109. The van der Waals surface area contributed by atoms with Crippen molar-refractivity contribution in [2.24, 2.45) is 11.3 Å². The van der Waals surface area contributed by atoms with Gasteiger partial charge in [-0.2, -0.15) is 15.5 Å². The molecule has 6 heteroatoms. The standard InChI is InChI=1S/C27H28N6/c1-27(2,3)18-32-17-23(15-30-32)20-8-10-21(11-9-20)24-16-31-33-13-12-29-25(26(24)33)22-6-4-19(14-28)5-7-22/h6,8-13,15-17,19H,4-5,7,18H2,1-3H3. The number of benzene rings is 1. The summed E-state index contributed by atoms with van der Waals surface area (Å²) in [6.45, 7) is 7.53. The largest absolute Gasteiger partial charge is 0.272 e. The molecular formula is C27H28N6. The second-order valence-corrected chi connectivity index (χ2v) is 10.0. The third kappa shape index (κ3) is 4.31. The number of fused-ring (bicyclic) bond motifs is 1. The van der Waals surface area contributed by atoms with Crippen molar-refractivity contribution in [3.8, 4) is 28.3 Å². The molecule has 0 spiro atoms. The van der Waals surface area contributed by atoms with Gasteiger partial charge in [0, 0.05) is 36.3 Å². The van der Waals surface area contributed by atoms with Crippen LogP contribution in [0.1, 0.15) is 45.7 Å². The topological polar surface area (TPSA) is 71.8 Å². The van der Waals surface area contributed by atoms with Gasteiger partial charge in [-0.15, -0.1) is 0 Å². The van der Waals surface area contributed by atoms with Crippen LogP contribution in [0.3, 0.4) is 0 Å². The summed E-state index contributed by atoms with van der Waals surface area (Å²) < 4.78 is 3.92. The van der Waals surface area contributed by atoms with Crippen LogP contribution in [-0.2, 0) is 6.54 Å². The number of nitriles is 1. The number of hydrogen-bond donors (Lipinski definition) is 0. The van der Waals surface area contributed by atoms with E-state index in [-0.39, 0.29) is 11.3 Å². The molecule has 1 unspecified atom stereocenters. The van der Waals surface area contributed by atoms with Crippen LogP contribution in [0.4, 0.5) is 0 Å². The van der Waals surface area contributed by atoms with E-state index in [9.17, 15) is 5.26 Å². The van der Waals surface area contributed by atoms with Crippen LogP contribution in [0.25, 0.3) is 33.3 Å². The fraction of sp³-hybridized carbons (Fsp3) is 0.333. The Hall–Kier alpha value is -3.72. The van der Waals surface area contributed by atoms with Gasteiger partial charge in [-0.05, 0) is 41.4 Å². The number of allylic oxidation sites excluding steroid dienone is 2. The molecule has 3 aromatic heterocycles. The van der Waals surface area contributed by atoms with Gasteiger partial charge in [0.25, 0.3) is 0 Å². The maximum atomic E-state index is 9.22. The number of nitrogens with zero attached hydrogens (tertiary/aromatic N) is 6. The first-order chi connectivity index (χ1) is 15.9. The molecule has 1 aromatic carbocycles. The molecule has 33 heavy (non-hydrogen) atoms. The van der Waals surface area contributed by atoms with Crippen molar-refractivity contribution in [2.75, 3.05) is 0 Å². The second-order valence-electron chi connectivity index (χ2n) is 10.0. The normalized spacial score (nSPS) is 16.5. The summed E-state index contributed by atoms with van der Waals surface area (Å²) in [5.74, 6) is 0.109. The Morgan fingerprint density at radius 1 is 1.06 bits per heavy atom. The lowest BCUT2D eigenvalue weighted by atomic mass is 9.88. The zero-order valence-electron chi connectivity index (χ0n) is 19.4. The number of hydrogen-bond acceptors (Lipinski definition) is 4. The Morgan fingerprint density at radius 3 is 2.55 bits per heavy atom. The van der Waals surface area contributed by atoms with E-state index >= 15 is 0 Å². The molecule has 3 heterocycles. The minimum Gasteiger partial charge on any atom is -0.272 e. The maximum absolute atomic E-state index is 9.22. The highest BCUT2D eigenvalue weighted by Crippen LogP contribution is 2.35. The minimum atomic E-state index is 0.109. The van der Waals surface area contributed by atoms with Gasteiger partial charge in [0.05, 0.1) is 35.6 Å². The highest BCUT2D eigenvalue weighted by Gasteiger charge is 2.20. The molecule has 166 valence electrons. The van der Waals surface area contributed by atoms with Gasteiger partial charge < -0.3 is 0 Å². The first-order valence-electron chi connectivity index (χ1n) is 11.5. The van der Waals surface area contributed by atoms with E-state index in [0.717, 1.165) is 59.3 Å². The molecular weight excluding hydrogens is 408 g/mol. The number of rotatable bonds is 4. The van der Waals surface area contributed by atoms with E-state index in [4.69, 9.17) is 4.98 Å². The van der Waals surface area contributed by atoms with Crippen LogP contribution in [0, 0.1) is 22.7 Å². The zero-order valence-corrected chi connectivity index (χ0v) is 19.4.